The summed E-state index contributed by atoms with van der Waals surface area (Å²) < 4.78 is 5.05. The summed E-state index contributed by atoms with van der Waals surface area (Å²) in [5.41, 5.74) is 6.09. The second-order valence-corrected chi connectivity index (χ2v) is 2.40. The van der Waals surface area contributed by atoms with Crippen molar-refractivity contribution in [3.63, 3.8) is 0 Å². The van der Waals surface area contributed by atoms with Gasteiger partial charge in [0.2, 0.25) is 5.88 Å². The molecule has 2 rings (SSSR count). The lowest BCUT2D eigenvalue weighted by molar-refractivity contribution is 0.0999. The second kappa shape index (κ2) is 2.37. The Morgan fingerprint density at radius 2 is 2.58 bits per heavy atom. The van der Waals surface area contributed by atoms with Crippen LogP contribution in [0.5, 0.6) is 0 Å². The standard InChI is InChI=1S/C7H7N3O2/c8-6(11)5-2-12-7-4(5)1-9-3-10-7/h1-2,10H,3H2,(H2,8,11). The van der Waals surface area contributed by atoms with Gasteiger partial charge in [-0.1, -0.05) is 0 Å². The number of nitrogens with zero attached hydrogens (tertiary/aromatic N) is 1. The van der Waals surface area contributed by atoms with Crippen LogP contribution in [0, 0.1) is 0 Å². The first-order chi connectivity index (χ1) is 5.79. The Bertz CT molecular complexity index is 354. The molecule has 0 aliphatic carbocycles. The number of fused-ring (bicyclic) bond motifs is 1. The van der Waals surface area contributed by atoms with Crippen molar-refractivity contribution in [2.24, 2.45) is 10.7 Å². The van der Waals surface area contributed by atoms with Crippen LogP contribution in [-0.2, 0) is 0 Å². The van der Waals surface area contributed by atoms with Crippen LogP contribution < -0.4 is 11.1 Å². The molecule has 1 aromatic heterocycles. The van der Waals surface area contributed by atoms with Crippen molar-refractivity contribution < 1.29 is 9.21 Å². The number of furan rings is 1. The van der Waals surface area contributed by atoms with Gasteiger partial charge < -0.3 is 15.5 Å². The maximum atomic E-state index is 10.8. The predicted molar refractivity (Wildman–Crippen MR) is 43.3 cm³/mol. The fraction of sp³-hybridized carbons (Fsp3) is 0.143. The highest BCUT2D eigenvalue weighted by Gasteiger charge is 2.17. The van der Waals surface area contributed by atoms with E-state index >= 15 is 0 Å². The Morgan fingerprint density at radius 3 is 3.33 bits per heavy atom. The summed E-state index contributed by atoms with van der Waals surface area (Å²) in [5, 5.41) is 2.87. The van der Waals surface area contributed by atoms with Crippen molar-refractivity contribution in [3.8, 4) is 0 Å². The molecule has 1 amide bonds. The van der Waals surface area contributed by atoms with Crippen LogP contribution in [0.1, 0.15) is 15.9 Å². The number of rotatable bonds is 1. The number of nitrogens with two attached hydrogens (primary N) is 1. The summed E-state index contributed by atoms with van der Waals surface area (Å²) in [6, 6.07) is 0. The first kappa shape index (κ1) is 6.90. The molecule has 0 saturated carbocycles. The summed E-state index contributed by atoms with van der Waals surface area (Å²) in [6.07, 6.45) is 2.91. The van der Waals surface area contributed by atoms with Crippen LogP contribution >= 0.6 is 0 Å². The zero-order valence-corrected chi connectivity index (χ0v) is 6.20. The van der Waals surface area contributed by atoms with Gasteiger partial charge in [-0.25, -0.2) is 0 Å². The van der Waals surface area contributed by atoms with E-state index in [0.29, 0.717) is 23.7 Å². The number of amides is 1. The molecular formula is C7H7N3O2. The van der Waals surface area contributed by atoms with Gasteiger partial charge in [0.25, 0.3) is 5.91 Å². The van der Waals surface area contributed by atoms with Gasteiger partial charge in [-0.3, -0.25) is 9.79 Å². The zero-order chi connectivity index (χ0) is 8.55. The largest absolute Gasteiger partial charge is 0.447 e. The maximum absolute atomic E-state index is 10.8. The molecule has 2 heterocycles. The third-order valence-electron chi connectivity index (χ3n) is 1.65. The monoisotopic (exact) mass is 165 g/mol. The Hall–Kier alpha value is -1.78. The molecule has 3 N–H and O–H groups in total. The highest BCUT2D eigenvalue weighted by atomic mass is 16.3. The summed E-state index contributed by atoms with van der Waals surface area (Å²) in [5.74, 6) is 0.0500. The lowest BCUT2D eigenvalue weighted by atomic mass is 10.2. The average molecular weight is 165 g/mol. The van der Waals surface area contributed by atoms with E-state index in [2.05, 4.69) is 10.3 Å². The van der Waals surface area contributed by atoms with Crippen molar-refractivity contribution in [1.82, 2.24) is 0 Å². The molecule has 0 unspecified atom stereocenters. The van der Waals surface area contributed by atoms with Crippen molar-refractivity contribution in [2.75, 3.05) is 12.0 Å². The molecule has 0 atom stereocenters. The van der Waals surface area contributed by atoms with Gasteiger partial charge in [0, 0.05) is 6.21 Å². The molecule has 0 fully saturated rings. The molecule has 1 aromatic rings. The minimum absolute atomic E-state index is 0.362. The minimum atomic E-state index is -0.504. The van der Waals surface area contributed by atoms with Crippen molar-refractivity contribution in [2.45, 2.75) is 0 Å². The zero-order valence-electron chi connectivity index (χ0n) is 6.20. The Balaban J connectivity index is 2.54. The average Bonchev–Trinajstić information content (AvgIpc) is 2.47. The highest BCUT2D eigenvalue weighted by Crippen LogP contribution is 2.22. The van der Waals surface area contributed by atoms with Crippen molar-refractivity contribution in [3.05, 3.63) is 17.4 Å². The highest BCUT2D eigenvalue weighted by molar-refractivity contribution is 6.04. The third-order valence-corrected chi connectivity index (χ3v) is 1.65. The SMILES string of the molecule is NC(=O)c1coc2c1C=NCN2. The van der Waals surface area contributed by atoms with Crippen LogP contribution in [0.3, 0.4) is 0 Å². The number of carbonyl (C=O) groups excluding carboxylic acids is 1. The van der Waals surface area contributed by atoms with Crippen molar-refractivity contribution >= 4 is 18.0 Å². The molecule has 5 heteroatoms. The van der Waals surface area contributed by atoms with Crippen LogP contribution in [0.2, 0.25) is 0 Å². The summed E-state index contributed by atoms with van der Waals surface area (Å²) in [7, 11) is 0. The molecule has 1 aliphatic heterocycles. The quantitative estimate of drug-likeness (QED) is 0.622. The van der Waals surface area contributed by atoms with E-state index in [0.717, 1.165) is 0 Å². The number of anilines is 1. The number of primary amides is 1. The van der Waals surface area contributed by atoms with Crippen molar-refractivity contribution in [1.29, 1.82) is 0 Å². The number of hydrogen-bond donors (Lipinski definition) is 2. The predicted octanol–water partition coefficient (Wildman–Crippen LogP) is 0.180. The molecule has 0 radical (unpaired) electrons. The normalized spacial score (nSPS) is 13.7. The van der Waals surface area contributed by atoms with Crippen LogP contribution in [0.25, 0.3) is 0 Å². The Labute approximate surface area is 68.3 Å². The topological polar surface area (TPSA) is 80.6 Å². The minimum Gasteiger partial charge on any atom is -0.447 e. The summed E-state index contributed by atoms with van der Waals surface area (Å²) in [6.45, 7) is 0.471. The molecule has 12 heavy (non-hydrogen) atoms. The van der Waals surface area contributed by atoms with Gasteiger partial charge in [-0.2, -0.15) is 0 Å². The van der Waals surface area contributed by atoms with Gasteiger partial charge in [-0.05, 0) is 0 Å². The van der Waals surface area contributed by atoms with E-state index < -0.39 is 5.91 Å². The first-order valence-corrected chi connectivity index (χ1v) is 3.44. The van der Waals surface area contributed by atoms with Gasteiger partial charge in [-0.15, -0.1) is 0 Å². The van der Waals surface area contributed by atoms with Gasteiger partial charge in [0.15, 0.2) is 0 Å². The second-order valence-electron chi connectivity index (χ2n) is 2.40. The molecule has 0 aromatic carbocycles. The van der Waals surface area contributed by atoms with Crippen LogP contribution in [0.15, 0.2) is 15.7 Å². The molecule has 62 valence electrons. The maximum Gasteiger partial charge on any atom is 0.252 e. The van der Waals surface area contributed by atoms with E-state index in [9.17, 15) is 4.79 Å². The van der Waals surface area contributed by atoms with E-state index in [1.165, 1.54) is 6.26 Å². The summed E-state index contributed by atoms with van der Waals surface area (Å²) >= 11 is 0. The molecule has 5 nitrogen and oxygen atoms in total. The van der Waals surface area contributed by atoms with Gasteiger partial charge in [0.05, 0.1) is 11.1 Å². The number of hydrogen-bond acceptors (Lipinski definition) is 4. The smallest absolute Gasteiger partial charge is 0.252 e. The van der Waals surface area contributed by atoms with E-state index in [1.54, 1.807) is 6.21 Å². The molecule has 0 bridgehead atoms. The Morgan fingerprint density at radius 1 is 1.75 bits per heavy atom. The summed E-state index contributed by atoms with van der Waals surface area (Å²) in [4.78, 5) is 14.7. The van der Waals surface area contributed by atoms with Gasteiger partial charge in [0.1, 0.15) is 12.9 Å². The van der Waals surface area contributed by atoms with E-state index in [1.807, 2.05) is 0 Å². The molecule has 1 aliphatic rings. The molecule has 0 spiro atoms. The number of nitrogens with one attached hydrogen (secondary N) is 1. The van der Waals surface area contributed by atoms with Gasteiger partial charge >= 0.3 is 0 Å². The Kier molecular flexibility index (Phi) is 1.36. The third kappa shape index (κ3) is 0.868. The van der Waals surface area contributed by atoms with E-state index in [-0.39, 0.29) is 0 Å². The molecule has 0 saturated heterocycles. The van der Waals surface area contributed by atoms with Crippen LogP contribution in [-0.4, -0.2) is 18.8 Å². The number of carbonyl (C=O) groups is 1. The van der Waals surface area contributed by atoms with Crippen LogP contribution in [0.4, 0.5) is 5.88 Å². The lowest BCUT2D eigenvalue weighted by Crippen LogP contribution is -2.14. The lowest BCUT2D eigenvalue weighted by Gasteiger charge is -2.05. The van der Waals surface area contributed by atoms with E-state index in [4.69, 9.17) is 10.2 Å². The first-order valence-electron chi connectivity index (χ1n) is 3.44. The number of aliphatic imine (C=N–C) groups is 1. The fourth-order valence-corrected chi connectivity index (χ4v) is 1.08. The fourth-order valence-electron chi connectivity index (χ4n) is 1.08. The molecular weight excluding hydrogens is 158 g/mol.